The quantitative estimate of drug-likeness (QED) is 0.217. The molecule has 0 spiro atoms. The van der Waals surface area contributed by atoms with E-state index in [-0.39, 0.29) is 0 Å². The van der Waals surface area contributed by atoms with Gasteiger partial charge >= 0.3 is 0 Å². The van der Waals surface area contributed by atoms with Crippen LogP contribution in [0.5, 0.6) is 11.5 Å². The summed E-state index contributed by atoms with van der Waals surface area (Å²) >= 11 is 0. The Morgan fingerprint density at radius 2 is 1.73 bits per heavy atom. The van der Waals surface area contributed by atoms with Crippen LogP contribution in [0.4, 0.5) is 5.69 Å². The highest BCUT2D eigenvalue weighted by Crippen LogP contribution is 2.66. The molecule has 0 aromatic heterocycles. The summed E-state index contributed by atoms with van der Waals surface area (Å²) in [6.07, 6.45) is 7.52. The summed E-state index contributed by atoms with van der Waals surface area (Å²) in [4.78, 5) is 0. The van der Waals surface area contributed by atoms with Gasteiger partial charge in [-0.15, -0.1) is 0 Å². The van der Waals surface area contributed by atoms with Crippen molar-refractivity contribution in [1.29, 1.82) is 0 Å². The van der Waals surface area contributed by atoms with E-state index in [9.17, 15) is 0 Å². The Hall–Kier alpha value is -2.51. The number of ether oxygens (including phenoxy) is 2. The molecule has 0 bridgehead atoms. The molecule has 37 heavy (non-hydrogen) atoms. The minimum Gasteiger partial charge on any atom is -0.497 e. The maximum atomic E-state index is 6.41. The first-order valence-corrected chi connectivity index (χ1v) is 16.5. The topological polar surface area (TPSA) is 30.5 Å². The van der Waals surface area contributed by atoms with E-state index in [4.69, 9.17) is 9.47 Å². The molecule has 1 N–H and O–H groups in total. The van der Waals surface area contributed by atoms with Gasteiger partial charge in [-0.05, 0) is 75.3 Å². The highest BCUT2D eigenvalue weighted by Gasteiger charge is 2.48. The standard InChI is InChI=1S/C33H45NO2P/c1-6-9-26(24-36-29-10-8-11-31(22-29)37(5,7-2)30-17-18-30)20-21-34-33-23-28(35-4)16-19-32(33)27-14-12-25(3)13-15-27/h8,10-16,19,22-23,26,30,34H,6-7,9,17-18,20-21,24H2,1-5H3/q+1. The lowest BCUT2D eigenvalue weighted by molar-refractivity contribution is 0.234. The third-order valence-corrected chi connectivity index (χ3v) is 13.0. The maximum Gasteiger partial charge on any atom is 0.123 e. The van der Waals surface area contributed by atoms with E-state index in [1.165, 1.54) is 48.5 Å². The van der Waals surface area contributed by atoms with Crippen molar-refractivity contribution in [3.05, 3.63) is 72.3 Å². The molecule has 1 aliphatic rings. The molecule has 4 heteroatoms. The summed E-state index contributed by atoms with van der Waals surface area (Å²) in [6.45, 7) is 11.0. The molecule has 1 fully saturated rings. The fraction of sp³-hybridized carbons (Fsp3) is 0.455. The van der Waals surface area contributed by atoms with Gasteiger partial charge < -0.3 is 14.8 Å². The van der Waals surface area contributed by atoms with Gasteiger partial charge in [-0.2, -0.15) is 0 Å². The molecule has 3 aromatic rings. The molecule has 2 unspecified atom stereocenters. The largest absolute Gasteiger partial charge is 0.497 e. The third kappa shape index (κ3) is 7.08. The zero-order valence-electron chi connectivity index (χ0n) is 23.4. The van der Waals surface area contributed by atoms with Gasteiger partial charge in [0.2, 0.25) is 0 Å². The summed E-state index contributed by atoms with van der Waals surface area (Å²) in [5.74, 6) is 2.44. The molecule has 0 radical (unpaired) electrons. The molecule has 0 amide bonds. The monoisotopic (exact) mass is 518 g/mol. The van der Waals surface area contributed by atoms with Gasteiger partial charge in [-0.3, -0.25) is 0 Å². The number of nitrogens with one attached hydrogen (secondary N) is 1. The SMILES string of the molecule is CCCC(CCNc1cc(OC)ccc1-c1ccc(C)cc1)COc1cccc([P+](C)(CC)C2CC2)c1. The molecule has 3 nitrogen and oxygen atoms in total. The Balaban J connectivity index is 1.39. The minimum absolute atomic E-state index is 0.519. The first-order chi connectivity index (χ1) is 18.0. The molecule has 0 aliphatic heterocycles. The second-order valence-corrected chi connectivity index (χ2v) is 15.2. The van der Waals surface area contributed by atoms with E-state index in [1.54, 1.807) is 12.4 Å². The number of rotatable bonds is 14. The van der Waals surface area contributed by atoms with E-state index >= 15 is 0 Å². The van der Waals surface area contributed by atoms with Crippen LogP contribution in [0.15, 0.2) is 66.7 Å². The number of hydrogen-bond acceptors (Lipinski definition) is 3. The average molecular weight is 519 g/mol. The first-order valence-electron chi connectivity index (χ1n) is 14.0. The molecule has 1 saturated carbocycles. The number of aryl methyl sites for hydroxylation is 1. The normalized spacial score (nSPS) is 15.6. The van der Waals surface area contributed by atoms with Gasteiger partial charge in [-0.25, -0.2) is 0 Å². The average Bonchev–Trinajstić information content (AvgIpc) is 3.78. The van der Waals surface area contributed by atoms with Crippen LogP contribution >= 0.6 is 7.26 Å². The molecule has 198 valence electrons. The first kappa shape index (κ1) is 27.5. The fourth-order valence-corrected chi connectivity index (χ4v) is 8.75. The van der Waals surface area contributed by atoms with Gasteiger partial charge in [0.15, 0.2) is 0 Å². The second-order valence-electron chi connectivity index (χ2n) is 10.8. The lowest BCUT2D eigenvalue weighted by Gasteiger charge is -2.22. The van der Waals surface area contributed by atoms with Crippen LogP contribution in [0, 0.1) is 12.8 Å². The van der Waals surface area contributed by atoms with Crippen molar-refractivity contribution in [3.8, 4) is 22.6 Å². The van der Waals surface area contributed by atoms with Crippen LogP contribution in [0.3, 0.4) is 0 Å². The van der Waals surface area contributed by atoms with Gasteiger partial charge in [0.25, 0.3) is 0 Å². The van der Waals surface area contributed by atoms with Gasteiger partial charge in [0.05, 0.1) is 37.5 Å². The molecular weight excluding hydrogens is 473 g/mol. The molecule has 0 saturated heterocycles. The molecular formula is C33H45NO2P+. The van der Waals surface area contributed by atoms with E-state index < -0.39 is 7.26 Å². The lowest BCUT2D eigenvalue weighted by atomic mass is 9.99. The van der Waals surface area contributed by atoms with Crippen LogP contribution in [0.2, 0.25) is 0 Å². The highest BCUT2D eigenvalue weighted by molar-refractivity contribution is 7.83. The summed E-state index contributed by atoms with van der Waals surface area (Å²) in [5.41, 5.74) is 5.76. The molecule has 1 aliphatic carbocycles. The van der Waals surface area contributed by atoms with Crippen LogP contribution in [-0.4, -0.2) is 38.7 Å². The van der Waals surface area contributed by atoms with Crippen LogP contribution in [-0.2, 0) is 0 Å². The van der Waals surface area contributed by atoms with Crippen LogP contribution in [0.25, 0.3) is 11.1 Å². The van der Waals surface area contributed by atoms with Crippen molar-refractivity contribution in [2.24, 2.45) is 5.92 Å². The Morgan fingerprint density at radius 3 is 2.41 bits per heavy atom. The van der Waals surface area contributed by atoms with Crippen molar-refractivity contribution in [2.45, 2.75) is 58.5 Å². The van der Waals surface area contributed by atoms with Crippen molar-refractivity contribution in [2.75, 3.05) is 38.4 Å². The lowest BCUT2D eigenvalue weighted by Crippen LogP contribution is -2.19. The van der Waals surface area contributed by atoms with E-state index in [0.29, 0.717) is 5.92 Å². The molecule has 4 rings (SSSR count). The van der Waals surface area contributed by atoms with Crippen LogP contribution in [0.1, 0.15) is 51.5 Å². The van der Waals surface area contributed by atoms with Crippen molar-refractivity contribution in [1.82, 2.24) is 0 Å². The Morgan fingerprint density at radius 1 is 0.946 bits per heavy atom. The number of benzene rings is 3. The minimum atomic E-state index is -1.04. The maximum absolute atomic E-state index is 6.41. The van der Waals surface area contributed by atoms with E-state index in [2.05, 4.69) is 93.4 Å². The van der Waals surface area contributed by atoms with Crippen LogP contribution < -0.4 is 20.1 Å². The summed E-state index contributed by atoms with van der Waals surface area (Å²) in [6, 6.07) is 24.1. The summed E-state index contributed by atoms with van der Waals surface area (Å²) in [5, 5.41) is 5.26. The molecule has 2 atom stereocenters. The Labute approximate surface area is 225 Å². The smallest absolute Gasteiger partial charge is 0.123 e. The van der Waals surface area contributed by atoms with Gasteiger partial charge in [0, 0.05) is 37.2 Å². The summed E-state index contributed by atoms with van der Waals surface area (Å²) in [7, 11) is 0.684. The zero-order chi connectivity index (χ0) is 26.3. The Kier molecular flexibility index (Phi) is 9.54. The predicted octanol–water partition coefficient (Wildman–Crippen LogP) is 8.42. The number of methoxy groups -OCH3 is 1. The fourth-order valence-electron chi connectivity index (χ4n) is 5.31. The third-order valence-electron chi connectivity index (χ3n) is 8.06. The zero-order valence-corrected chi connectivity index (χ0v) is 24.3. The van der Waals surface area contributed by atoms with Crippen molar-refractivity contribution >= 4 is 18.3 Å². The number of hydrogen-bond donors (Lipinski definition) is 1. The second kappa shape index (κ2) is 12.8. The Bertz CT molecular complexity index is 1140. The summed E-state index contributed by atoms with van der Waals surface area (Å²) < 4.78 is 11.9. The van der Waals surface area contributed by atoms with Gasteiger partial charge in [-0.1, -0.05) is 49.2 Å². The predicted molar refractivity (Wildman–Crippen MR) is 163 cm³/mol. The molecule has 3 aromatic carbocycles. The molecule has 0 heterocycles. The number of anilines is 1. The highest BCUT2D eigenvalue weighted by atomic mass is 31.2. The van der Waals surface area contributed by atoms with Crippen molar-refractivity contribution in [3.63, 3.8) is 0 Å². The van der Waals surface area contributed by atoms with E-state index in [0.717, 1.165) is 42.4 Å². The van der Waals surface area contributed by atoms with Crippen molar-refractivity contribution < 1.29 is 9.47 Å². The van der Waals surface area contributed by atoms with Gasteiger partial charge in [0.1, 0.15) is 11.5 Å². The van der Waals surface area contributed by atoms with E-state index in [1.807, 2.05) is 6.07 Å².